The van der Waals surface area contributed by atoms with Crippen molar-refractivity contribution in [2.75, 3.05) is 30.9 Å². The molecule has 0 unspecified atom stereocenters. The molecule has 1 aromatic heterocycles. The summed E-state index contributed by atoms with van der Waals surface area (Å²) in [6.45, 7) is 3.47. The maximum Gasteiger partial charge on any atom is 0.271 e. The first-order valence-corrected chi connectivity index (χ1v) is 10.6. The number of amides is 1. The number of likely N-dealkylation sites (tertiary alicyclic amines) is 1. The Hall–Kier alpha value is -1.61. The number of hydrogen-bond acceptors (Lipinski definition) is 5. The van der Waals surface area contributed by atoms with Gasteiger partial charge in [0.1, 0.15) is 4.21 Å². The van der Waals surface area contributed by atoms with Crippen molar-refractivity contribution < 1.29 is 13.2 Å². The third kappa shape index (κ3) is 3.73. The van der Waals surface area contributed by atoms with E-state index in [4.69, 9.17) is 0 Å². The molecule has 0 radical (unpaired) electrons. The second-order valence-electron chi connectivity index (χ2n) is 6.51. The molecule has 4 rings (SSSR count). The third-order valence-electron chi connectivity index (χ3n) is 4.80. The summed E-state index contributed by atoms with van der Waals surface area (Å²) >= 11 is 1.16. The van der Waals surface area contributed by atoms with E-state index in [0.29, 0.717) is 23.1 Å². The smallest absolute Gasteiger partial charge is 0.271 e. The molecule has 2 aromatic rings. The van der Waals surface area contributed by atoms with Crippen molar-refractivity contribution in [3.05, 3.63) is 47.3 Å². The van der Waals surface area contributed by atoms with Gasteiger partial charge in [0.25, 0.3) is 15.9 Å². The first kappa shape index (κ1) is 19.2. The zero-order valence-corrected chi connectivity index (χ0v) is 16.4. The molecular weight excluding hydrogens is 394 g/mol. The van der Waals surface area contributed by atoms with Crippen LogP contribution in [0.25, 0.3) is 0 Å². The Morgan fingerprint density at radius 3 is 2.54 bits per heavy atom. The van der Waals surface area contributed by atoms with Gasteiger partial charge in [-0.2, -0.15) is 0 Å². The Bertz CT molecular complexity index is 874. The molecule has 2 aliphatic rings. The molecule has 140 valence electrons. The van der Waals surface area contributed by atoms with E-state index in [2.05, 4.69) is 10.0 Å². The lowest BCUT2D eigenvalue weighted by Crippen LogP contribution is -2.31. The predicted molar refractivity (Wildman–Crippen MR) is 105 cm³/mol. The molecule has 0 saturated carbocycles. The fourth-order valence-corrected chi connectivity index (χ4v) is 5.58. The second kappa shape index (κ2) is 7.56. The standard InChI is InChI=1S/C17H19N3O3S2.ClH/c21-17(20-10-13-8-18-9-14(13)11-20)12-3-1-4-15(7-12)19-25(22,23)16-5-2-6-24-16;/h1-7,13-14,18-19H,8-11H2;1H/t13-,14+;. The number of nitrogens with one attached hydrogen (secondary N) is 2. The molecule has 1 amide bonds. The lowest BCUT2D eigenvalue weighted by molar-refractivity contribution is 0.0781. The van der Waals surface area contributed by atoms with Gasteiger partial charge in [0.2, 0.25) is 0 Å². The summed E-state index contributed by atoms with van der Waals surface area (Å²) in [7, 11) is -3.61. The first-order chi connectivity index (χ1) is 12.0. The van der Waals surface area contributed by atoms with Crippen LogP contribution in [0.1, 0.15) is 10.4 Å². The van der Waals surface area contributed by atoms with Gasteiger partial charge in [0.05, 0.1) is 0 Å². The second-order valence-corrected chi connectivity index (χ2v) is 9.36. The highest BCUT2D eigenvalue weighted by Gasteiger charge is 2.38. The highest BCUT2D eigenvalue weighted by Crippen LogP contribution is 2.28. The van der Waals surface area contributed by atoms with Crippen LogP contribution in [0.15, 0.2) is 46.0 Å². The van der Waals surface area contributed by atoms with Gasteiger partial charge >= 0.3 is 0 Å². The molecule has 9 heteroatoms. The minimum Gasteiger partial charge on any atom is -0.338 e. The molecule has 0 spiro atoms. The summed E-state index contributed by atoms with van der Waals surface area (Å²) in [5.41, 5.74) is 0.916. The normalized spacial score (nSPS) is 21.9. The van der Waals surface area contributed by atoms with E-state index in [1.807, 2.05) is 4.90 Å². The van der Waals surface area contributed by atoms with Crippen LogP contribution in [-0.2, 0) is 10.0 Å². The summed E-state index contributed by atoms with van der Waals surface area (Å²) in [5.74, 6) is 1.03. The number of benzene rings is 1. The number of halogens is 1. The molecule has 6 nitrogen and oxygen atoms in total. The Kier molecular flexibility index (Phi) is 5.57. The van der Waals surface area contributed by atoms with Crippen LogP contribution in [0.3, 0.4) is 0 Å². The molecule has 1 aromatic carbocycles. The van der Waals surface area contributed by atoms with Gasteiger partial charge in [-0.1, -0.05) is 12.1 Å². The molecule has 2 N–H and O–H groups in total. The summed E-state index contributed by atoms with van der Waals surface area (Å²) in [6.07, 6.45) is 0. The topological polar surface area (TPSA) is 78.5 Å². The van der Waals surface area contributed by atoms with Crippen LogP contribution in [-0.4, -0.2) is 45.4 Å². The van der Waals surface area contributed by atoms with E-state index >= 15 is 0 Å². The van der Waals surface area contributed by atoms with Crippen LogP contribution in [0.5, 0.6) is 0 Å². The number of fused-ring (bicyclic) bond motifs is 1. The number of carbonyl (C=O) groups excluding carboxylic acids is 1. The minimum absolute atomic E-state index is 0. The zero-order chi connectivity index (χ0) is 17.4. The highest BCUT2D eigenvalue weighted by molar-refractivity contribution is 7.94. The SMILES string of the molecule is Cl.O=C(c1cccc(NS(=O)(=O)c2cccs2)c1)N1C[C@H]2CNC[C@H]2C1. The fourth-order valence-electron chi connectivity index (χ4n) is 3.54. The number of anilines is 1. The molecule has 0 bridgehead atoms. The quantitative estimate of drug-likeness (QED) is 0.805. The van der Waals surface area contributed by atoms with Gasteiger partial charge in [0, 0.05) is 37.4 Å². The Balaban J connectivity index is 0.00000196. The fraction of sp³-hybridized carbons (Fsp3) is 0.353. The van der Waals surface area contributed by atoms with Gasteiger partial charge in [0.15, 0.2) is 0 Å². The van der Waals surface area contributed by atoms with Crippen LogP contribution < -0.4 is 10.0 Å². The van der Waals surface area contributed by atoms with Crippen LogP contribution in [0, 0.1) is 11.8 Å². The minimum atomic E-state index is -3.61. The number of thiophene rings is 1. The van der Waals surface area contributed by atoms with Crippen molar-refractivity contribution in [1.29, 1.82) is 0 Å². The van der Waals surface area contributed by atoms with Crippen molar-refractivity contribution in [3.8, 4) is 0 Å². The van der Waals surface area contributed by atoms with Crippen molar-refractivity contribution in [2.24, 2.45) is 11.8 Å². The maximum absolute atomic E-state index is 12.8. The average Bonchev–Trinajstić information content (AvgIpc) is 3.30. The summed E-state index contributed by atoms with van der Waals surface area (Å²) < 4.78 is 27.5. The Morgan fingerprint density at radius 1 is 1.15 bits per heavy atom. The van der Waals surface area contributed by atoms with Gasteiger partial charge in [-0.25, -0.2) is 8.42 Å². The van der Waals surface area contributed by atoms with Crippen molar-refractivity contribution in [1.82, 2.24) is 10.2 Å². The highest BCUT2D eigenvalue weighted by atomic mass is 35.5. The number of carbonyl (C=O) groups is 1. The van der Waals surface area contributed by atoms with Crippen LogP contribution in [0.2, 0.25) is 0 Å². The van der Waals surface area contributed by atoms with Crippen molar-refractivity contribution in [2.45, 2.75) is 4.21 Å². The molecule has 2 fully saturated rings. The van der Waals surface area contributed by atoms with E-state index in [0.717, 1.165) is 37.5 Å². The summed E-state index contributed by atoms with van der Waals surface area (Å²) in [5, 5.41) is 5.07. The molecule has 2 aliphatic heterocycles. The monoisotopic (exact) mass is 413 g/mol. The van der Waals surface area contributed by atoms with E-state index in [9.17, 15) is 13.2 Å². The molecule has 0 aliphatic carbocycles. The molecule has 2 atom stereocenters. The first-order valence-electron chi connectivity index (χ1n) is 8.19. The van der Waals surface area contributed by atoms with Gasteiger partial charge < -0.3 is 10.2 Å². The Morgan fingerprint density at radius 2 is 1.88 bits per heavy atom. The largest absolute Gasteiger partial charge is 0.338 e. The summed E-state index contributed by atoms with van der Waals surface area (Å²) in [6, 6.07) is 9.96. The number of nitrogens with zero attached hydrogens (tertiary/aromatic N) is 1. The lowest BCUT2D eigenvalue weighted by Gasteiger charge is -2.18. The number of hydrogen-bond donors (Lipinski definition) is 2. The van der Waals surface area contributed by atoms with Crippen LogP contribution >= 0.6 is 23.7 Å². The Labute approximate surface area is 163 Å². The predicted octanol–water partition coefficient (Wildman–Crippen LogP) is 2.26. The number of sulfonamides is 1. The van der Waals surface area contributed by atoms with Crippen LogP contribution in [0.4, 0.5) is 5.69 Å². The third-order valence-corrected chi connectivity index (χ3v) is 7.58. The molecule has 26 heavy (non-hydrogen) atoms. The van der Waals surface area contributed by atoms with E-state index in [1.165, 1.54) is 0 Å². The van der Waals surface area contributed by atoms with E-state index < -0.39 is 10.0 Å². The summed E-state index contributed by atoms with van der Waals surface area (Å²) in [4.78, 5) is 14.6. The number of rotatable bonds is 4. The van der Waals surface area contributed by atoms with Gasteiger partial charge in [-0.05, 0) is 41.5 Å². The molecular formula is C17H20ClN3O3S2. The van der Waals surface area contributed by atoms with E-state index in [1.54, 1.807) is 41.8 Å². The zero-order valence-electron chi connectivity index (χ0n) is 13.9. The maximum atomic E-state index is 12.8. The average molecular weight is 414 g/mol. The van der Waals surface area contributed by atoms with Gasteiger partial charge in [-0.3, -0.25) is 9.52 Å². The van der Waals surface area contributed by atoms with Crippen molar-refractivity contribution >= 4 is 45.4 Å². The lowest BCUT2D eigenvalue weighted by atomic mass is 10.0. The van der Waals surface area contributed by atoms with E-state index in [-0.39, 0.29) is 22.5 Å². The molecule has 2 saturated heterocycles. The van der Waals surface area contributed by atoms with Gasteiger partial charge in [-0.15, -0.1) is 23.7 Å². The van der Waals surface area contributed by atoms with Crippen molar-refractivity contribution in [3.63, 3.8) is 0 Å². The molecule has 3 heterocycles.